The van der Waals surface area contributed by atoms with Crippen molar-refractivity contribution >= 4 is 0 Å². The summed E-state index contributed by atoms with van der Waals surface area (Å²) in [6.45, 7) is 8.25. The number of rotatable bonds is 8. The van der Waals surface area contributed by atoms with Crippen LogP contribution in [0, 0.1) is 5.92 Å². The average Bonchev–Trinajstić information content (AvgIpc) is 2.71. The van der Waals surface area contributed by atoms with E-state index in [-0.39, 0.29) is 0 Å². The molecule has 0 aliphatic heterocycles. The lowest BCUT2D eigenvalue weighted by Crippen LogP contribution is -2.34. The van der Waals surface area contributed by atoms with Gasteiger partial charge >= 0.3 is 0 Å². The van der Waals surface area contributed by atoms with Crippen LogP contribution in [0.5, 0.6) is 0 Å². The Hall–Kier alpha value is -0.0800. The minimum Gasteiger partial charge on any atom is -0.314 e. The zero-order valence-electron chi connectivity index (χ0n) is 11.5. The fourth-order valence-electron chi connectivity index (χ4n) is 2.86. The van der Waals surface area contributed by atoms with Gasteiger partial charge in [-0.25, -0.2) is 0 Å². The maximum absolute atomic E-state index is 3.72. The van der Waals surface area contributed by atoms with Crippen LogP contribution in [0.1, 0.15) is 52.4 Å². The lowest BCUT2D eigenvalue weighted by molar-refractivity contribution is 0.281. The second kappa shape index (κ2) is 8.08. The first-order valence-corrected chi connectivity index (χ1v) is 7.19. The largest absolute Gasteiger partial charge is 0.314 e. The molecule has 0 aromatic rings. The number of nitrogens with zero attached hydrogens (tertiary/aromatic N) is 1. The van der Waals surface area contributed by atoms with Crippen LogP contribution in [0.25, 0.3) is 0 Å². The van der Waals surface area contributed by atoms with E-state index in [4.69, 9.17) is 0 Å². The van der Waals surface area contributed by atoms with E-state index in [1.54, 1.807) is 0 Å². The minimum atomic E-state index is 0.815. The lowest BCUT2D eigenvalue weighted by Gasteiger charge is -2.23. The second-order valence-electron chi connectivity index (χ2n) is 5.34. The van der Waals surface area contributed by atoms with Gasteiger partial charge in [-0.1, -0.05) is 20.3 Å². The van der Waals surface area contributed by atoms with Crippen LogP contribution < -0.4 is 5.32 Å². The van der Waals surface area contributed by atoms with Crippen LogP contribution in [0.4, 0.5) is 0 Å². The van der Waals surface area contributed by atoms with Crippen molar-refractivity contribution < 1.29 is 0 Å². The van der Waals surface area contributed by atoms with E-state index < -0.39 is 0 Å². The van der Waals surface area contributed by atoms with Crippen molar-refractivity contribution in [2.45, 2.75) is 58.4 Å². The molecule has 1 rings (SSSR count). The highest BCUT2D eigenvalue weighted by Crippen LogP contribution is 2.28. The fraction of sp³-hybridized carbons (Fsp3) is 1.00. The monoisotopic (exact) mass is 226 g/mol. The van der Waals surface area contributed by atoms with Crippen LogP contribution in [-0.2, 0) is 0 Å². The summed E-state index contributed by atoms with van der Waals surface area (Å²) in [5, 5.41) is 3.72. The van der Waals surface area contributed by atoms with Gasteiger partial charge in [0.1, 0.15) is 0 Å². The summed E-state index contributed by atoms with van der Waals surface area (Å²) in [6, 6.07) is 0.815. The van der Waals surface area contributed by atoms with Gasteiger partial charge in [0.2, 0.25) is 0 Å². The van der Waals surface area contributed by atoms with Crippen molar-refractivity contribution in [3.63, 3.8) is 0 Å². The quantitative estimate of drug-likeness (QED) is 0.684. The Labute approximate surface area is 102 Å². The summed E-state index contributed by atoms with van der Waals surface area (Å²) < 4.78 is 0. The van der Waals surface area contributed by atoms with E-state index in [9.17, 15) is 0 Å². The van der Waals surface area contributed by atoms with Crippen molar-refractivity contribution in [2.75, 3.05) is 26.7 Å². The van der Waals surface area contributed by atoms with E-state index in [0.29, 0.717) is 0 Å². The SMILES string of the molecule is CCCNC1CCCC1CCN(C)CCC. The van der Waals surface area contributed by atoms with Crippen LogP contribution in [0.3, 0.4) is 0 Å². The van der Waals surface area contributed by atoms with Crippen LogP contribution in [0.15, 0.2) is 0 Å². The Kier molecular flexibility index (Phi) is 7.06. The lowest BCUT2D eigenvalue weighted by atomic mass is 9.99. The van der Waals surface area contributed by atoms with Gasteiger partial charge < -0.3 is 10.2 Å². The maximum atomic E-state index is 3.72. The fourth-order valence-corrected chi connectivity index (χ4v) is 2.86. The number of hydrogen-bond acceptors (Lipinski definition) is 2. The highest BCUT2D eigenvalue weighted by Gasteiger charge is 2.26. The maximum Gasteiger partial charge on any atom is 0.00958 e. The van der Waals surface area contributed by atoms with Gasteiger partial charge in [-0.3, -0.25) is 0 Å². The minimum absolute atomic E-state index is 0.815. The first-order valence-electron chi connectivity index (χ1n) is 7.19. The molecule has 2 nitrogen and oxygen atoms in total. The van der Waals surface area contributed by atoms with Gasteiger partial charge in [0, 0.05) is 6.04 Å². The molecule has 1 fully saturated rings. The number of nitrogens with one attached hydrogen (secondary N) is 1. The molecular formula is C14H30N2. The van der Waals surface area contributed by atoms with Crippen LogP contribution in [0.2, 0.25) is 0 Å². The Morgan fingerprint density at radius 3 is 2.62 bits per heavy atom. The van der Waals surface area contributed by atoms with Crippen LogP contribution in [-0.4, -0.2) is 37.6 Å². The van der Waals surface area contributed by atoms with E-state index in [0.717, 1.165) is 12.0 Å². The van der Waals surface area contributed by atoms with Gasteiger partial charge in [0.25, 0.3) is 0 Å². The highest BCUT2D eigenvalue weighted by molar-refractivity contribution is 4.83. The van der Waals surface area contributed by atoms with Crippen molar-refractivity contribution in [3.8, 4) is 0 Å². The Bertz CT molecular complexity index is 170. The van der Waals surface area contributed by atoms with Crippen molar-refractivity contribution in [3.05, 3.63) is 0 Å². The van der Waals surface area contributed by atoms with Gasteiger partial charge in [0.05, 0.1) is 0 Å². The van der Waals surface area contributed by atoms with Crippen molar-refractivity contribution in [1.82, 2.24) is 10.2 Å². The van der Waals surface area contributed by atoms with Crippen molar-refractivity contribution in [2.24, 2.45) is 5.92 Å². The Morgan fingerprint density at radius 1 is 1.12 bits per heavy atom. The molecule has 0 aromatic heterocycles. The van der Waals surface area contributed by atoms with Gasteiger partial charge in [0.15, 0.2) is 0 Å². The zero-order chi connectivity index (χ0) is 11.8. The average molecular weight is 226 g/mol. The molecular weight excluding hydrogens is 196 g/mol. The smallest absolute Gasteiger partial charge is 0.00958 e. The van der Waals surface area contributed by atoms with E-state index in [2.05, 4.69) is 31.1 Å². The molecule has 16 heavy (non-hydrogen) atoms. The summed E-state index contributed by atoms with van der Waals surface area (Å²) in [5.74, 6) is 0.936. The second-order valence-corrected chi connectivity index (χ2v) is 5.34. The molecule has 0 aromatic carbocycles. The summed E-state index contributed by atoms with van der Waals surface area (Å²) in [5.41, 5.74) is 0. The summed E-state index contributed by atoms with van der Waals surface area (Å²) in [7, 11) is 2.26. The topological polar surface area (TPSA) is 15.3 Å². The molecule has 1 saturated carbocycles. The third-order valence-electron chi connectivity index (χ3n) is 3.80. The molecule has 2 atom stereocenters. The van der Waals surface area contributed by atoms with E-state index >= 15 is 0 Å². The van der Waals surface area contributed by atoms with E-state index in [1.165, 1.54) is 58.2 Å². The third kappa shape index (κ3) is 4.84. The van der Waals surface area contributed by atoms with Gasteiger partial charge in [-0.05, 0) is 64.7 Å². The zero-order valence-corrected chi connectivity index (χ0v) is 11.5. The first kappa shape index (κ1) is 14.0. The summed E-state index contributed by atoms with van der Waals surface area (Å²) in [6.07, 6.45) is 8.21. The molecule has 1 aliphatic carbocycles. The van der Waals surface area contributed by atoms with E-state index in [1.807, 2.05) is 0 Å². The summed E-state index contributed by atoms with van der Waals surface area (Å²) >= 11 is 0. The predicted molar refractivity (Wildman–Crippen MR) is 71.8 cm³/mol. The Morgan fingerprint density at radius 2 is 1.94 bits per heavy atom. The highest BCUT2D eigenvalue weighted by atomic mass is 15.1. The summed E-state index contributed by atoms with van der Waals surface area (Å²) in [4.78, 5) is 2.48. The molecule has 96 valence electrons. The molecule has 1 aliphatic rings. The molecule has 0 radical (unpaired) electrons. The normalized spacial score (nSPS) is 25.5. The number of hydrogen-bond donors (Lipinski definition) is 1. The van der Waals surface area contributed by atoms with Crippen molar-refractivity contribution in [1.29, 1.82) is 0 Å². The molecule has 0 amide bonds. The molecule has 0 heterocycles. The third-order valence-corrected chi connectivity index (χ3v) is 3.80. The van der Waals surface area contributed by atoms with Crippen LogP contribution >= 0.6 is 0 Å². The first-order chi connectivity index (χ1) is 7.77. The molecule has 1 N–H and O–H groups in total. The molecule has 0 bridgehead atoms. The molecule has 2 heteroatoms. The van der Waals surface area contributed by atoms with Gasteiger partial charge in [-0.15, -0.1) is 0 Å². The Balaban J connectivity index is 2.18. The predicted octanol–water partition coefficient (Wildman–Crippen LogP) is 2.89. The molecule has 0 spiro atoms. The standard InChI is InChI=1S/C14H30N2/c1-4-10-15-14-8-6-7-13(14)9-12-16(3)11-5-2/h13-15H,4-12H2,1-3H3. The molecule has 0 saturated heterocycles. The molecule has 2 unspecified atom stereocenters. The van der Waals surface area contributed by atoms with Gasteiger partial charge in [-0.2, -0.15) is 0 Å².